The van der Waals surface area contributed by atoms with E-state index in [4.69, 9.17) is 4.55 Å². The molecule has 1 aromatic rings. The summed E-state index contributed by atoms with van der Waals surface area (Å²) < 4.78 is 9.15. The van der Waals surface area contributed by atoms with E-state index in [0.29, 0.717) is 5.92 Å². The number of hydrogen-bond donors (Lipinski definition) is 1. The minimum Gasteiger partial charge on any atom is -0.329 e. The molecule has 1 aromatic heterocycles. The summed E-state index contributed by atoms with van der Waals surface area (Å²) in [4.78, 5) is 0. The summed E-state index contributed by atoms with van der Waals surface area (Å²) >= 11 is 0.855. The van der Waals surface area contributed by atoms with Gasteiger partial charge in [-0.05, 0) is 43.4 Å². The second-order valence-corrected chi connectivity index (χ2v) is 4.60. The summed E-state index contributed by atoms with van der Waals surface area (Å²) in [6, 6.07) is 3.85. The van der Waals surface area contributed by atoms with Crippen LogP contribution >= 0.6 is 12.0 Å². The van der Waals surface area contributed by atoms with E-state index in [9.17, 15) is 0 Å². The van der Waals surface area contributed by atoms with Crippen LogP contribution in [0.5, 0.6) is 0 Å². The molecule has 1 rings (SSSR count). The van der Waals surface area contributed by atoms with Crippen molar-refractivity contribution < 1.29 is 4.55 Å². The first kappa shape index (κ1) is 11.5. The van der Waals surface area contributed by atoms with E-state index in [1.807, 2.05) is 19.1 Å². The molecule has 1 unspecified atom stereocenters. The molecule has 4 heteroatoms. The molecule has 3 nitrogen and oxygen atoms in total. The van der Waals surface area contributed by atoms with Crippen LogP contribution in [0, 0.1) is 12.8 Å². The topological polar surface area (TPSA) is 46.0 Å². The molecule has 1 heterocycles. The van der Waals surface area contributed by atoms with Crippen molar-refractivity contribution in [3.63, 3.8) is 0 Å². The van der Waals surface area contributed by atoms with Crippen molar-refractivity contribution >= 4 is 12.0 Å². The summed E-state index contributed by atoms with van der Waals surface area (Å²) in [6.07, 6.45) is 0.916. The van der Waals surface area contributed by atoms with Crippen LogP contribution in [0.2, 0.25) is 0 Å². The summed E-state index contributed by atoms with van der Waals surface area (Å²) in [6.45, 7) is 6.16. The van der Waals surface area contributed by atoms with Crippen molar-refractivity contribution in [2.24, 2.45) is 5.92 Å². The van der Waals surface area contributed by atoms with Crippen LogP contribution in [0.25, 0.3) is 0 Å². The number of aryl methyl sites for hydroxylation is 1. The fraction of sp³-hybridized carbons (Fsp3) is 0.600. The Balaban J connectivity index is 2.73. The molecule has 0 radical (unpaired) electrons. The Kier molecular flexibility index (Phi) is 4.35. The molecule has 0 spiro atoms. The smallest absolute Gasteiger partial charge is 0.0784 e. The van der Waals surface area contributed by atoms with Crippen LogP contribution in [0.4, 0.5) is 0 Å². The first-order valence-corrected chi connectivity index (χ1v) is 5.57. The first-order chi connectivity index (χ1) is 6.63. The summed E-state index contributed by atoms with van der Waals surface area (Å²) in [5.74, 6) is 0.544. The zero-order valence-electron chi connectivity index (χ0n) is 8.77. The Hall–Kier alpha value is -0.610. The standard InChI is InChI=1S/C10H16N2OS/c1-7(2)6-10(14-13)9-5-4-8(3)11-12-9/h4-5,7,10,13H,6H2,1-3H3. The van der Waals surface area contributed by atoms with Gasteiger partial charge in [0.15, 0.2) is 0 Å². The van der Waals surface area contributed by atoms with Gasteiger partial charge in [0.05, 0.1) is 16.6 Å². The second kappa shape index (κ2) is 5.32. The quantitative estimate of drug-likeness (QED) is 0.779. The Morgan fingerprint density at radius 1 is 1.36 bits per heavy atom. The highest BCUT2D eigenvalue weighted by Gasteiger charge is 2.15. The van der Waals surface area contributed by atoms with Gasteiger partial charge in [0, 0.05) is 0 Å². The van der Waals surface area contributed by atoms with Crippen molar-refractivity contribution in [2.75, 3.05) is 0 Å². The van der Waals surface area contributed by atoms with E-state index in [-0.39, 0.29) is 5.25 Å². The van der Waals surface area contributed by atoms with Crippen LogP contribution in [0.15, 0.2) is 12.1 Å². The number of rotatable bonds is 4. The molecular formula is C10H16N2OS. The van der Waals surface area contributed by atoms with Crippen molar-refractivity contribution in [2.45, 2.75) is 32.4 Å². The summed E-state index contributed by atoms with van der Waals surface area (Å²) in [5, 5.41) is 8.10. The Labute approximate surface area is 89.2 Å². The Morgan fingerprint density at radius 2 is 2.07 bits per heavy atom. The van der Waals surface area contributed by atoms with E-state index in [1.165, 1.54) is 0 Å². The van der Waals surface area contributed by atoms with E-state index in [1.54, 1.807) is 0 Å². The van der Waals surface area contributed by atoms with Gasteiger partial charge in [0.2, 0.25) is 0 Å². The van der Waals surface area contributed by atoms with Gasteiger partial charge in [0.1, 0.15) is 0 Å². The maximum atomic E-state index is 9.15. The highest BCUT2D eigenvalue weighted by atomic mass is 32.2. The minimum absolute atomic E-state index is 0.0445. The minimum atomic E-state index is 0.0445. The van der Waals surface area contributed by atoms with Crippen molar-refractivity contribution in [3.8, 4) is 0 Å². The van der Waals surface area contributed by atoms with Crippen LogP contribution in [0.1, 0.15) is 36.9 Å². The lowest BCUT2D eigenvalue weighted by Crippen LogP contribution is -2.03. The third-order valence-corrected chi connectivity index (χ3v) is 2.65. The average molecular weight is 212 g/mol. The van der Waals surface area contributed by atoms with Gasteiger partial charge in [-0.1, -0.05) is 13.8 Å². The lowest BCUT2D eigenvalue weighted by molar-refractivity contribution is 0.550. The first-order valence-electron chi connectivity index (χ1n) is 4.74. The van der Waals surface area contributed by atoms with Crippen molar-refractivity contribution in [1.29, 1.82) is 0 Å². The normalized spacial score (nSPS) is 13.2. The zero-order valence-corrected chi connectivity index (χ0v) is 9.58. The van der Waals surface area contributed by atoms with E-state index < -0.39 is 0 Å². The van der Waals surface area contributed by atoms with Gasteiger partial charge < -0.3 is 4.55 Å². The predicted octanol–water partition coefficient (Wildman–Crippen LogP) is 3.08. The van der Waals surface area contributed by atoms with E-state index in [2.05, 4.69) is 24.0 Å². The molecule has 0 aromatic carbocycles. The number of nitrogens with zero attached hydrogens (tertiary/aromatic N) is 2. The second-order valence-electron chi connectivity index (χ2n) is 3.82. The van der Waals surface area contributed by atoms with Gasteiger partial charge >= 0.3 is 0 Å². The predicted molar refractivity (Wildman–Crippen MR) is 59.2 cm³/mol. The molecule has 0 aliphatic carbocycles. The molecule has 0 bridgehead atoms. The third kappa shape index (κ3) is 3.27. The third-order valence-electron chi connectivity index (χ3n) is 1.96. The highest BCUT2D eigenvalue weighted by Crippen LogP contribution is 2.30. The maximum Gasteiger partial charge on any atom is 0.0784 e. The molecule has 14 heavy (non-hydrogen) atoms. The molecule has 0 saturated heterocycles. The number of aromatic nitrogens is 2. The molecule has 1 atom stereocenters. The van der Waals surface area contributed by atoms with Crippen LogP contribution < -0.4 is 0 Å². The molecule has 0 saturated carbocycles. The molecule has 0 aliphatic heterocycles. The lowest BCUT2D eigenvalue weighted by atomic mass is 10.1. The average Bonchev–Trinajstić information content (AvgIpc) is 2.15. The van der Waals surface area contributed by atoms with E-state index in [0.717, 1.165) is 29.9 Å². The highest BCUT2D eigenvalue weighted by molar-refractivity contribution is 7.94. The van der Waals surface area contributed by atoms with Gasteiger partial charge in [-0.15, -0.1) is 0 Å². The molecule has 1 N–H and O–H groups in total. The summed E-state index contributed by atoms with van der Waals surface area (Å²) in [5.41, 5.74) is 1.76. The fourth-order valence-corrected chi connectivity index (χ4v) is 1.93. The Morgan fingerprint density at radius 3 is 2.50 bits per heavy atom. The monoisotopic (exact) mass is 212 g/mol. The largest absolute Gasteiger partial charge is 0.329 e. The van der Waals surface area contributed by atoms with Crippen LogP contribution in [-0.2, 0) is 0 Å². The zero-order chi connectivity index (χ0) is 10.6. The van der Waals surface area contributed by atoms with Crippen LogP contribution in [-0.4, -0.2) is 14.8 Å². The van der Waals surface area contributed by atoms with Crippen LogP contribution in [0.3, 0.4) is 0 Å². The Bertz CT molecular complexity index is 274. The fourth-order valence-electron chi connectivity index (χ4n) is 1.23. The molecule has 0 fully saturated rings. The van der Waals surface area contributed by atoms with Gasteiger partial charge in [-0.2, -0.15) is 10.2 Å². The number of hydrogen-bond acceptors (Lipinski definition) is 4. The van der Waals surface area contributed by atoms with Gasteiger partial charge in [-0.25, -0.2) is 0 Å². The SMILES string of the molecule is Cc1ccc(C(CC(C)C)SO)nn1. The molecule has 0 amide bonds. The van der Waals surface area contributed by atoms with Crippen molar-refractivity contribution in [1.82, 2.24) is 10.2 Å². The molecule has 78 valence electrons. The molecular weight excluding hydrogens is 196 g/mol. The van der Waals surface area contributed by atoms with Gasteiger partial charge in [-0.3, -0.25) is 0 Å². The van der Waals surface area contributed by atoms with E-state index >= 15 is 0 Å². The maximum absolute atomic E-state index is 9.15. The lowest BCUT2D eigenvalue weighted by Gasteiger charge is -2.13. The summed E-state index contributed by atoms with van der Waals surface area (Å²) in [7, 11) is 0. The van der Waals surface area contributed by atoms with Crippen molar-refractivity contribution in [3.05, 3.63) is 23.5 Å². The van der Waals surface area contributed by atoms with Gasteiger partial charge in [0.25, 0.3) is 0 Å². The molecule has 0 aliphatic rings.